The molecule has 0 aliphatic rings. The number of aromatic nitrogens is 1. The molecule has 1 heterocycles. The summed E-state index contributed by atoms with van der Waals surface area (Å²) < 4.78 is 26.1. The largest absolute Gasteiger partial charge is 0.288 e. The molecule has 0 atom stereocenters. The Labute approximate surface area is 169 Å². The first-order valence-electron chi connectivity index (χ1n) is 8.29. The van der Waals surface area contributed by atoms with Gasteiger partial charge in [-0.05, 0) is 41.6 Å². The number of rotatable bonds is 7. The van der Waals surface area contributed by atoms with E-state index in [1.54, 1.807) is 40.9 Å². The van der Waals surface area contributed by atoms with Crippen molar-refractivity contribution in [1.29, 1.82) is 0 Å². The van der Waals surface area contributed by atoms with Crippen molar-refractivity contribution < 1.29 is 13.6 Å². The number of benzene rings is 2. The van der Waals surface area contributed by atoms with Crippen molar-refractivity contribution in [2.24, 2.45) is 0 Å². The summed E-state index contributed by atoms with van der Waals surface area (Å²) in [5.74, 6) is -2.23. The third kappa shape index (κ3) is 5.21. The molecule has 0 saturated carbocycles. The van der Waals surface area contributed by atoms with E-state index in [-0.39, 0.29) is 5.91 Å². The van der Waals surface area contributed by atoms with E-state index < -0.39 is 5.76 Å². The van der Waals surface area contributed by atoms with Gasteiger partial charge in [0.15, 0.2) is 5.13 Å². The smallest absolute Gasteiger partial charge is 0.273 e. The van der Waals surface area contributed by atoms with Crippen LogP contribution in [0.5, 0.6) is 0 Å². The first kappa shape index (κ1) is 20.1. The molecule has 0 bridgehead atoms. The molecule has 0 spiro atoms. The van der Waals surface area contributed by atoms with Crippen LogP contribution in [0.2, 0.25) is 0 Å². The molecule has 0 aliphatic heterocycles. The van der Waals surface area contributed by atoms with Gasteiger partial charge in [0.1, 0.15) is 0 Å². The third-order valence-electron chi connectivity index (χ3n) is 3.58. The summed E-state index contributed by atoms with van der Waals surface area (Å²) in [6.07, 6.45) is 0. The number of fused-ring (bicyclic) bond motifs is 1. The highest BCUT2D eigenvalue weighted by Gasteiger charge is 2.22. The van der Waals surface area contributed by atoms with E-state index in [0.717, 1.165) is 10.2 Å². The fourth-order valence-electron chi connectivity index (χ4n) is 2.40. The van der Waals surface area contributed by atoms with Crippen LogP contribution in [0.1, 0.15) is 13.8 Å². The molecule has 0 saturated heterocycles. The number of anilines is 2. The second kappa shape index (κ2) is 9.03. The van der Waals surface area contributed by atoms with Crippen molar-refractivity contribution in [3.63, 3.8) is 0 Å². The van der Waals surface area contributed by atoms with Gasteiger partial charge in [0.05, 0.1) is 21.7 Å². The zero-order valence-electron chi connectivity index (χ0n) is 14.8. The van der Waals surface area contributed by atoms with Gasteiger partial charge in [-0.2, -0.15) is 8.78 Å². The van der Waals surface area contributed by atoms with Gasteiger partial charge in [-0.15, -0.1) is 11.8 Å². The summed E-state index contributed by atoms with van der Waals surface area (Å²) in [4.78, 5) is 19.6. The molecule has 0 fully saturated rings. The van der Waals surface area contributed by atoms with Crippen LogP contribution < -0.4 is 4.90 Å². The quantitative estimate of drug-likeness (QED) is 0.410. The highest BCUT2D eigenvalue weighted by Crippen LogP contribution is 2.35. The maximum absolute atomic E-state index is 12.9. The lowest BCUT2D eigenvalue weighted by atomic mass is 10.3. The summed E-state index contributed by atoms with van der Waals surface area (Å²) in [5, 5.41) is 0.913. The van der Waals surface area contributed by atoms with E-state index in [4.69, 9.17) is 0 Å². The van der Waals surface area contributed by atoms with Crippen molar-refractivity contribution in [2.75, 3.05) is 10.7 Å². The molecule has 0 radical (unpaired) electrons. The number of nitrogens with zero attached hydrogens (tertiary/aromatic N) is 2. The van der Waals surface area contributed by atoms with E-state index in [1.807, 2.05) is 38.1 Å². The molecule has 0 unspecified atom stereocenters. The van der Waals surface area contributed by atoms with Crippen molar-refractivity contribution in [1.82, 2.24) is 4.98 Å². The topological polar surface area (TPSA) is 33.2 Å². The van der Waals surface area contributed by atoms with Crippen LogP contribution >= 0.6 is 34.9 Å². The number of carbonyl (C=O) groups excluding carboxylic acids is 1. The Balaban J connectivity index is 1.95. The van der Waals surface area contributed by atoms with E-state index >= 15 is 0 Å². The van der Waals surface area contributed by atoms with Crippen LogP contribution in [-0.2, 0) is 4.79 Å². The molecule has 2 aromatic carbocycles. The van der Waals surface area contributed by atoms with Gasteiger partial charge >= 0.3 is 0 Å². The van der Waals surface area contributed by atoms with Gasteiger partial charge in [0.2, 0.25) is 5.91 Å². The van der Waals surface area contributed by atoms with Crippen molar-refractivity contribution in [2.45, 2.75) is 29.8 Å². The minimum atomic E-state index is -2.47. The molecule has 27 heavy (non-hydrogen) atoms. The number of alkyl halides is 2. The molecular weight excluding hydrogens is 406 g/mol. The van der Waals surface area contributed by atoms with E-state index in [9.17, 15) is 13.6 Å². The van der Waals surface area contributed by atoms with Gasteiger partial charge in [-0.25, -0.2) is 4.98 Å². The Hall–Kier alpha value is -1.64. The lowest BCUT2D eigenvalue weighted by Gasteiger charge is -2.20. The molecule has 1 aromatic heterocycles. The van der Waals surface area contributed by atoms with Gasteiger partial charge in [-0.1, -0.05) is 49.1 Å². The number of hydrogen-bond donors (Lipinski definition) is 0. The monoisotopic (exact) mass is 424 g/mol. The van der Waals surface area contributed by atoms with Crippen LogP contribution in [0.15, 0.2) is 53.4 Å². The first-order valence-corrected chi connectivity index (χ1v) is 11.0. The Morgan fingerprint density at radius 2 is 1.85 bits per heavy atom. The molecule has 3 rings (SSSR count). The van der Waals surface area contributed by atoms with Crippen LogP contribution in [0.3, 0.4) is 0 Å². The molecular formula is C19H18F2N2OS3. The van der Waals surface area contributed by atoms with Crippen molar-refractivity contribution >= 4 is 61.8 Å². The highest BCUT2D eigenvalue weighted by molar-refractivity contribution is 8.00. The van der Waals surface area contributed by atoms with Crippen LogP contribution in [0, 0.1) is 0 Å². The summed E-state index contributed by atoms with van der Waals surface area (Å²) in [6.45, 7) is 4.08. The van der Waals surface area contributed by atoms with Crippen LogP contribution in [0.25, 0.3) is 10.2 Å². The van der Waals surface area contributed by atoms with Gasteiger partial charge in [0.25, 0.3) is 5.76 Å². The van der Waals surface area contributed by atoms with E-state index in [0.29, 0.717) is 38.5 Å². The predicted molar refractivity (Wildman–Crippen MR) is 113 cm³/mol. The summed E-state index contributed by atoms with van der Waals surface area (Å²) >= 11 is 3.48. The SMILES string of the molecule is CC(C)SCC(=O)N(c1ccc(SC(F)F)cc1)c1nc2ccccc2s1. The molecule has 8 heteroatoms. The molecule has 3 aromatic rings. The minimum absolute atomic E-state index is 0.0815. The van der Waals surface area contributed by atoms with Crippen molar-refractivity contribution in [3.8, 4) is 0 Å². The Morgan fingerprint density at radius 1 is 1.15 bits per heavy atom. The fourth-order valence-corrected chi connectivity index (χ4v) is 4.50. The van der Waals surface area contributed by atoms with E-state index in [1.165, 1.54) is 11.3 Å². The molecule has 142 valence electrons. The van der Waals surface area contributed by atoms with E-state index in [2.05, 4.69) is 4.98 Å². The van der Waals surface area contributed by atoms with Crippen molar-refractivity contribution in [3.05, 3.63) is 48.5 Å². The Kier molecular flexibility index (Phi) is 6.73. The maximum atomic E-state index is 12.9. The number of thiazole rings is 1. The number of carbonyl (C=O) groups is 1. The lowest BCUT2D eigenvalue weighted by Crippen LogP contribution is -2.28. The Bertz CT molecular complexity index is 880. The Morgan fingerprint density at radius 3 is 2.48 bits per heavy atom. The summed E-state index contributed by atoms with van der Waals surface area (Å²) in [5.41, 5.74) is 1.46. The predicted octanol–water partition coefficient (Wildman–Crippen LogP) is 6.42. The number of thioether (sulfide) groups is 2. The normalized spacial score (nSPS) is 11.5. The molecule has 3 nitrogen and oxygen atoms in total. The number of amides is 1. The third-order valence-corrected chi connectivity index (χ3v) is 6.41. The zero-order valence-corrected chi connectivity index (χ0v) is 17.2. The number of halogens is 2. The number of hydrogen-bond acceptors (Lipinski definition) is 5. The molecule has 0 N–H and O–H groups in total. The van der Waals surface area contributed by atoms with Gasteiger partial charge < -0.3 is 0 Å². The second-order valence-electron chi connectivity index (χ2n) is 5.93. The summed E-state index contributed by atoms with van der Waals surface area (Å²) in [7, 11) is 0. The zero-order chi connectivity index (χ0) is 19.4. The second-order valence-corrected chi connectivity index (χ2v) is 9.56. The fraction of sp³-hybridized carbons (Fsp3) is 0.263. The van der Waals surface area contributed by atoms with Crippen LogP contribution in [-0.4, -0.2) is 27.7 Å². The summed E-state index contributed by atoms with van der Waals surface area (Å²) in [6, 6.07) is 14.3. The standard InChI is InChI=1S/C19H18F2N2OS3/c1-12(2)25-11-17(24)23(13-7-9-14(10-8-13)26-18(20)21)19-22-15-5-3-4-6-16(15)27-19/h3-10,12,18H,11H2,1-2H3. The first-order chi connectivity index (χ1) is 12.9. The minimum Gasteiger partial charge on any atom is -0.273 e. The maximum Gasteiger partial charge on any atom is 0.288 e. The van der Waals surface area contributed by atoms with Gasteiger partial charge in [-0.3, -0.25) is 9.69 Å². The van der Waals surface area contributed by atoms with Gasteiger partial charge in [0, 0.05) is 4.90 Å². The van der Waals surface area contributed by atoms with Crippen LogP contribution in [0.4, 0.5) is 19.6 Å². The lowest BCUT2D eigenvalue weighted by molar-refractivity contribution is -0.115. The molecule has 0 aliphatic carbocycles. The average Bonchev–Trinajstić information content (AvgIpc) is 3.04. The number of para-hydroxylation sites is 1. The molecule has 1 amide bonds. The highest BCUT2D eigenvalue weighted by atomic mass is 32.2. The average molecular weight is 425 g/mol.